The Hall–Kier alpha value is -1.62. The standard InChI is InChI=1S/C10H14N4O/c1-8-3-5-14-9(7-8)12-10(13-14)11-4-6-15-2/h3,5,7H,4,6H2,1-2H3,(H,11,13). The molecule has 0 unspecified atom stereocenters. The Kier molecular flexibility index (Phi) is 2.82. The lowest BCUT2D eigenvalue weighted by molar-refractivity contribution is 0.210. The van der Waals surface area contributed by atoms with Crippen molar-refractivity contribution in [1.82, 2.24) is 14.6 Å². The van der Waals surface area contributed by atoms with Gasteiger partial charge < -0.3 is 10.1 Å². The number of aryl methyl sites for hydroxylation is 1. The maximum atomic E-state index is 4.93. The summed E-state index contributed by atoms with van der Waals surface area (Å²) in [7, 11) is 1.67. The van der Waals surface area contributed by atoms with Crippen molar-refractivity contribution < 1.29 is 4.74 Å². The third kappa shape index (κ3) is 2.24. The van der Waals surface area contributed by atoms with Crippen molar-refractivity contribution in [3.63, 3.8) is 0 Å². The molecule has 0 amide bonds. The summed E-state index contributed by atoms with van der Waals surface area (Å²) < 4.78 is 6.68. The molecule has 2 rings (SSSR count). The first-order valence-corrected chi connectivity index (χ1v) is 4.85. The van der Waals surface area contributed by atoms with Gasteiger partial charge in [0, 0.05) is 19.9 Å². The molecule has 15 heavy (non-hydrogen) atoms. The first-order chi connectivity index (χ1) is 7.29. The minimum Gasteiger partial charge on any atom is -0.383 e. The maximum absolute atomic E-state index is 4.93. The fraction of sp³-hybridized carbons (Fsp3) is 0.400. The van der Waals surface area contributed by atoms with E-state index in [9.17, 15) is 0 Å². The molecule has 1 N–H and O–H groups in total. The van der Waals surface area contributed by atoms with Crippen LogP contribution < -0.4 is 5.32 Å². The first kappa shape index (κ1) is 9.92. The Morgan fingerprint density at radius 3 is 3.20 bits per heavy atom. The quantitative estimate of drug-likeness (QED) is 0.761. The fourth-order valence-electron chi connectivity index (χ4n) is 1.32. The molecule has 0 atom stereocenters. The van der Waals surface area contributed by atoms with Crippen molar-refractivity contribution in [1.29, 1.82) is 0 Å². The zero-order valence-electron chi connectivity index (χ0n) is 8.90. The largest absolute Gasteiger partial charge is 0.383 e. The lowest BCUT2D eigenvalue weighted by Crippen LogP contribution is -2.08. The SMILES string of the molecule is COCCNc1nc2cc(C)ccn2n1. The Morgan fingerprint density at radius 1 is 1.53 bits per heavy atom. The average molecular weight is 206 g/mol. The molecule has 0 aliphatic carbocycles. The zero-order valence-corrected chi connectivity index (χ0v) is 8.90. The summed E-state index contributed by atoms with van der Waals surface area (Å²) in [5.41, 5.74) is 2.04. The molecule has 0 fully saturated rings. The molecular weight excluding hydrogens is 192 g/mol. The van der Waals surface area contributed by atoms with Gasteiger partial charge in [-0.15, -0.1) is 5.10 Å². The van der Waals surface area contributed by atoms with Crippen LogP contribution in [0.3, 0.4) is 0 Å². The smallest absolute Gasteiger partial charge is 0.243 e. The molecule has 2 aromatic rings. The van der Waals surface area contributed by atoms with Gasteiger partial charge in [-0.3, -0.25) is 0 Å². The third-order valence-corrected chi connectivity index (χ3v) is 2.08. The molecule has 0 spiro atoms. The predicted octanol–water partition coefficient (Wildman–Crippen LogP) is 1.10. The van der Waals surface area contributed by atoms with Gasteiger partial charge in [-0.25, -0.2) is 4.52 Å². The number of nitrogens with one attached hydrogen (secondary N) is 1. The van der Waals surface area contributed by atoms with Crippen molar-refractivity contribution >= 4 is 11.6 Å². The van der Waals surface area contributed by atoms with Crippen LogP contribution in [0.2, 0.25) is 0 Å². The van der Waals surface area contributed by atoms with Gasteiger partial charge in [0.2, 0.25) is 5.95 Å². The number of ether oxygens (including phenoxy) is 1. The third-order valence-electron chi connectivity index (χ3n) is 2.08. The molecule has 5 heteroatoms. The van der Waals surface area contributed by atoms with Gasteiger partial charge in [-0.1, -0.05) is 0 Å². The number of hydrogen-bond donors (Lipinski definition) is 1. The molecule has 0 aliphatic heterocycles. The molecule has 0 aliphatic rings. The number of nitrogens with zero attached hydrogens (tertiary/aromatic N) is 3. The van der Waals surface area contributed by atoms with E-state index in [2.05, 4.69) is 15.4 Å². The lowest BCUT2D eigenvalue weighted by atomic mass is 10.3. The van der Waals surface area contributed by atoms with E-state index >= 15 is 0 Å². The Bertz CT molecular complexity index is 452. The summed E-state index contributed by atoms with van der Waals surface area (Å²) in [6.07, 6.45) is 1.90. The highest BCUT2D eigenvalue weighted by atomic mass is 16.5. The van der Waals surface area contributed by atoms with Gasteiger partial charge in [-0.05, 0) is 24.6 Å². The summed E-state index contributed by atoms with van der Waals surface area (Å²) in [4.78, 5) is 4.33. The molecule has 0 saturated heterocycles. The molecule has 2 aromatic heterocycles. The number of aromatic nitrogens is 3. The second-order valence-corrected chi connectivity index (χ2v) is 3.36. The van der Waals surface area contributed by atoms with Crippen molar-refractivity contribution in [2.45, 2.75) is 6.92 Å². The number of hydrogen-bond acceptors (Lipinski definition) is 4. The number of fused-ring (bicyclic) bond motifs is 1. The van der Waals surface area contributed by atoms with Gasteiger partial charge in [0.05, 0.1) is 6.61 Å². The molecule has 2 heterocycles. The van der Waals surface area contributed by atoms with Gasteiger partial charge in [0.15, 0.2) is 5.65 Å². The van der Waals surface area contributed by atoms with Gasteiger partial charge >= 0.3 is 0 Å². The fourth-order valence-corrected chi connectivity index (χ4v) is 1.32. The summed E-state index contributed by atoms with van der Waals surface area (Å²) in [5, 5.41) is 7.35. The van der Waals surface area contributed by atoms with Gasteiger partial charge in [0.1, 0.15) is 0 Å². The Morgan fingerprint density at radius 2 is 2.40 bits per heavy atom. The highest BCUT2D eigenvalue weighted by Crippen LogP contribution is 2.06. The molecule has 0 saturated carbocycles. The monoisotopic (exact) mass is 206 g/mol. The predicted molar refractivity (Wildman–Crippen MR) is 58.1 cm³/mol. The lowest BCUT2D eigenvalue weighted by Gasteiger charge is -1.98. The molecule has 0 radical (unpaired) electrons. The van der Waals surface area contributed by atoms with E-state index in [-0.39, 0.29) is 0 Å². The number of rotatable bonds is 4. The van der Waals surface area contributed by atoms with Crippen LogP contribution in [0.5, 0.6) is 0 Å². The Labute approximate surface area is 88.1 Å². The summed E-state index contributed by atoms with van der Waals surface area (Å²) >= 11 is 0. The topological polar surface area (TPSA) is 51.5 Å². The van der Waals surface area contributed by atoms with Crippen LogP contribution in [-0.4, -0.2) is 34.9 Å². The van der Waals surface area contributed by atoms with E-state index in [0.29, 0.717) is 19.1 Å². The van der Waals surface area contributed by atoms with E-state index in [1.54, 1.807) is 11.6 Å². The van der Waals surface area contributed by atoms with Crippen LogP contribution in [0, 0.1) is 6.92 Å². The molecule has 0 bridgehead atoms. The van der Waals surface area contributed by atoms with Crippen molar-refractivity contribution in [3.8, 4) is 0 Å². The van der Waals surface area contributed by atoms with E-state index in [1.165, 1.54) is 5.56 Å². The number of anilines is 1. The summed E-state index contributed by atoms with van der Waals surface area (Å²) in [6, 6.07) is 4.00. The van der Waals surface area contributed by atoms with Crippen molar-refractivity contribution in [3.05, 3.63) is 23.9 Å². The van der Waals surface area contributed by atoms with Crippen molar-refractivity contribution in [2.75, 3.05) is 25.6 Å². The highest BCUT2D eigenvalue weighted by molar-refractivity contribution is 5.45. The van der Waals surface area contributed by atoms with Crippen LogP contribution in [-0.2, 0) is 4.74 Å². The second kappa shape index (κ2) is 4.27. The van der Waals surface area contributed by atoms with E-state index in [0.717, 1.165) is 5.65 Å². The molecule has 0 aromatic carbocycles. The van der Waals surface area contributed by atoms with Crippen LogP contribution in [0.15, 0.2) is 18.3 Å². The summed E-state index contributed by atoms with van der Waals surface area (Å²) in [5.74, 6) is 0.637. The van der Waals surface area contributed by atoms with Gasteiger partial charge in [-0.2, -0.15) is 4.98 Å². The maximum Gasteiger partial charge on any atom is 0.243 e. The molecule has 80 valence electrons. The van der Waals surface area contributed by atoms with Crippen LogP contribution in [0.4, 0.5) is 5.95 Å². The Balaban J connectivity index is 2.16. The van der Waals surface area contributed by atoms with E-state index < -0.39 is 0 Å². The van der Waals surface area contributed by atoms with Gasteiger partial charge in [0.25, 0.3) is 0 Å². The van der Waals surface area contributed by atoms with Crippen LogP contribution in [0.1, 0.15) is 5.56 Å². The summed E-state index contributed by atoms with van der Waals surface area (Å²) in [6.45, 7) is 3.40. The van der Waals surface area contributed by atoms with Crippen LogP contribution >= 0.6 is 0 Å². The number of methoxy groups -OCH3 is 1. The average Bonchev–Trinajstić information content (AvgIpc) is 2.60. The second-order valence-electron chi connectivity index (χ2n) is 3.36. The van der Waals surface area contributed by atoms with Crippen LogP contribution in [0.25, 0.3) is 5.65 Å². The highest BCUT2D eigenvalue weighted by Gasteiger charge is 2.01. The molecular formula is C10H14N4O. The van der Waals surface area contributed by atoms with Crippen molar-refractivity contribution in [2.24, 2.45) is 0 Å². The van der Waals surface area contributed by atoms with E-state index in [4.69, 9.17) is 4.74 Å². The normalized spacial score (nSPS) is 10.8. The van der Waals surface area contributed by atoms with E-state index in [1.807, 2.05) is 25.3 Å². The minimum atomic E-state index is 0.637. The minimum absolute atomic E-state index is 0.637. The number of pyridine rings is 1. The zero-order chi connectivity index (χ0) is 10.7. The molecule has 5 nitrogen and oxygen atoms in total. The first-order valence-electron chi connectivity index (χ1n) is 4.85.